The summed E-state index contributed by atoms with van der Waals surface area (Å²) >= 11 is 1.27. The molecule has 0 bridgehead atoms. The summed E-state index contributed by atoms with van der Waals surface area (Å²) in [6.45, 7) is 3.36. The van der Waals surface area contributed by atoms with E-state index in [-0.39, 0.29) is 6.10 Å². The summed E-state index contributed by atoms with van der Waals surface area (Å²) in [4.78, 5) is 2.01. The van der Waals surface area contributed by atoms with Gasteiger partial charge in [0.25, 0.3) is 0 Å². The van der Waals surface area contributed by atoms with Crippen molar-refractivity contribution in [3.63, 3.8) is 0 Å². The van der Waals surface area contributed by atoms with Crippen molar-refractivity contribution in [2.75, 3.05) is 24.6 Å². The minimum Gasteiger partial charge on any atom is -0.370 e. The Balaban J connectivity index is 1.85. The Morgan fingerprint density at radius 1 is 1.41 bits per heavy atom. The molecule has 1 aliphatic rings. The molecule has 1 aliphatic heterocycles. The van der Waals surface area contributed by atoms with Gasteiger partial charge >= 0.3 is 0 Å². The van der Waals surface area contributed by atoms with Crippen molar-refractivity contribution in [2.24, 2.45) is 0 Å². The maximum atomic E-state index is 13.4. The van der Waals surface area contributed by atoms with Crippen LogP contribution in [0.2, 0.25) is 0 Å². The number of ether oxygens (including phenoxy) is 1. The lowest BCUT2D eigenvalue weighted by Crippen LogP contribution is -2.38. The molecule has 0 aliphatic carbocycles. The fraction of sp³-hybridized carbons (Fsp3) is 0.333. The molecular weight excluding hydrogens is 308 g/mol. The molecule has 0 amide bonds. The quantitative estimate of drug-likeness (QED) is 0.852. The van der Waals surface area contributed by atoms with Crippen molar-refractivity contribution in [1.29, 1.82) is 5.26 Å². The van der Waals surface area contributed by atoms with E-state index in [0.717, 1.165) is 17.1 Å². The van der Waals surface area contributed by atoms with Crippen LogP contribution in [0.25, 0.3) is 0 Å². The third-order valence-electron chi connectivity index (χ3n) is 3.63. The molecule has 114 valence electrons. The molecule has 1 fully saturated rings. The van der Waals surface area contributed by atoms with Gasteiger partial charge in [0.15, 0.2) is 11.6 Å². The second-order valence-corrected chi connectivity index (χ2v) is 5.79. The molecule has 1 atom stereocenters. The third kappa shape index (κ3) is 2.67. The van der Waals surface area contributed by atoms with Crippen LogP contribution in [-0.4, -0.2) is 24.1 Å². The van der Waals surface area contributed by atoms with E-state index in [1.807, 2.05) is 4.90 Å². The van der Waals surface area contributed by atoms with Gasteiger partial charge in [0.1, 0.15) is 22.7 Å². The first-order valence-corrected chi connectivity index (χ1v) is 7.55. The van der Waals surface area contributed by atoms with Gasteiger partial charge in [-0.25, -0.2) is 8.78 Å². The van der Waals surface area contributed by atoms with Crippen molar-refractivity contribution in [3.05, 3.63) is 46.7 Å². The van der Waals surface area contributed by atoms with Crippen LogP contribution in [0, 0.1) is 29.9 Å². The highest BCUT2D eigenvalue weighted by atomic mass is 32.1. The molecule has 22 heavy (non-hydrogen) atoms. The highest BCUT2D eigenvalue weighted by molar-refractivity contribution is 7.10. The number of anilines is 1. The van der Waals surface area contributed by atoms with Gasteiger partial charge in [-0.2, -0.15) is 9.64 Å². The van der Waals surface area contributed by atoms with Gasteiger partial charge in [-0.05, 0) is 36.2 Å². The zero-order valence-electron chi connectivity index (χ0n) is 11.8. The predicted octanol–water partition coefficient (Wildman–Crippen LogP) is 3.18. The monoisotopic (exact) mass is 321 g/mol. The Morgan fingerprint density at radius 2 is 2.23 bits per heavy atom. The van der Waals surface area contributed by atoms with Crippen molar-refractivity contribution >= 4 is 16.5 Å². The zero-order valence-corrected chi connectivity index (χ0v) is 12.7. The molecule has 0 saturated carbocycles. The number of rotatable bonds is 2. The minimum atomic E-state index is -0.885. The van der Waals surface area contributed by atoms with E-state index in [9.17, 15) is 14.0 Å². The Bertz CT molecular complexity index is 741. The summed E-state index contributed by atoms with van der Waals surface area (Å²) in [7, 11) is 0. The normalized spacial score (nSPS) is 18.3. The highest BCUT2D eigenvalue weighted by Gasteiger charge is 2.26. The van der Waals surface area contributed by atoms with Crippen LogP contribution in [0.4, 0.5) is 13.8 Å². The van der Waals surface area contributed by atoms with Crippen molar-refractivity contribution in [1.82, 2.24) is 4.37 Å². The SMILES string of the molecule is Cc1nsc(N2CCOC(c3ccc(F)c(F)c3)C2)c1C#N. The Labute approximate surface area is 130 Å². The molecule has 7 heteroatoms. The van der Waals surface area contributed by atoms with Crippen LogP contribution < -0.4 is 4.90 Å². The summed E-state index contributed by atoms with van der Waals surface area (Å²) in [6, 6.07) is 5.95. The summed E-state index contributed by atoms with van der Waals surface area (Å²) in [5.41, 5.74) is 1.86. The van der Waals surface area contributed by atoms with Gasteiger partial charge in [0.2, 0.25) is 0 Å². The fourth-order valence-electron chi connectivity index (χ4n) is 2.45. The lowest BCUT2D eigenvalue weighted by Gasteiger charge is -2.33. The van der Waals surface area contributed by atoms with E-state index in [1.165, 1.54) is 17.6 Å². The molecule has 2 heterocycles. The number of aryl methyl sites for hydroxylation is 1. The molecule has 1 aromatic heterocycles. The van der Waals surface area contributed by atoms with E-state index in [2.05, 4.69) is 10.4 Å². The van der Waals surface area contributed by atoms with Gasteiger partial charge in [-0.3, -0.25) is 0 Å². The lowest BCUT2D eigenvalue weighted by molar-refractivity contribution is 0.0397. The second kappa shape index (κ2) is 5.99. The number of nitrogens with zero attached hydrogens (tertiary/aromatic N) is 3. The predicted molar refractivity (Wildman–Crippen MR) is 78.8 cm³/mol. The molecular formula is C15H13F2N3OS. The first kappa shape index (κ1) is 14.9. The average Bonchev–Trinajstić information content (AvgIpc) is 2.91. The fourth-order valence-corrected chi connectivity index (χ4v) is 3.33. The molecule has 4 nitrogen and oxygen atoms in total. The van der Waals surface area contributed by atoms with Gasteiger partial charge < -0.3 is 9.64 Å². The maximum Gasteiger partial charge on any atom is 0.159 e. The lowest BCUT2D eigenvalue weighted by atomic mass is 10.1. The molecule has 2 aromatic rings. The number of nitriles is 1. The highest BCUT2D eigenvalue weighted by Crippen LogP contribution is 2.32. The van der Waals surface area contributed by atoms with E-state index in [4.69, 9.17) is 4.74 Å². The molecule has 3 rings (SSSR count). The van der Waals surface area contributed by atoms with Crippen LogP contribution in [0.15, 0.2) is 18.2 Å². The molecule has 1 aromatic carbocycles. The number of aromatic nitrogens is 1. The van der Waals surface area contributed by atoms with E-state index < -0.39 is 11.6 Å². The summed E-state index contributed by atoms with van der Waals surface area (Å²) in [5, 5.41) is 10.0. The third-order valence-corrected chi connectivity index (χ3v) is 4.63. The molecule has 1 saturated heterocycles. The van der Waals surface area contributed by atoms with Crippen LogP contribution in [-0.2, 0) is 4.74 Å². The van der Waals surface area contributed by atoms with Gasteiger partial charge in [-0.1, -0.05) is 6.07 Å². The number of benzene rings is 1. The number of halogens is 2. The largest absolute Gasteiger partial charge is 0.370 e. The first-order chi connectivity index (χ1) is 10.6. The first-order valence-electron chi connectivity index (χ1n) is 6.78. The van der Waals surface area contributed by atoms with E-state index in [1.54, 1.807) is 6.92 Å². The van der Waals surface area contributed by atoms with Crippen molar-refractivity contribution in [3.8, 4) is 6.07 Å². The smallest absolute Gasteiger partial charge is 0.159 e. The average molecular weight is 321 g/mol. The summed E-state index contributed by atoms with van der Waals surface area (Å²) < 4.78 is 36.3. The topological polar surface area (TPSA) is 49.2 Å². The summed E-state index contributed by atoms with van der Waals surface area (Å²) in [5.74, 6) is -1.76. The summed E-state index contributed by atoms with van der Waals surface area (Å²) in [6.07, 6.45) is -0.363. The number of hydrogen-bond acceptors (Lipinski definition) is 5. The maximum absolute atomic E-state index is 13.4. The Morgan fingerprint density at radius 3 is 2.95 bits per heavy atom. The van der Waals surface area contributed by atoms with Gasteiger partial charge in [0, 0.05) is 13.1 Å². The van der Waals surface area contributed by atoms with Crippen LogP contribution >= 0.6 is 11.5 Å². The van der Waals surface area contributed by atoms with Crippen LogP contribution in [0.1, 0.15) is 22.9 Å². The zero-order chi connectivity index (χ0) is 15.7. The van der Waals surface area contributed by atoms with Crippen molar-refractivity contribution < 1.29 is 13.5 Å². The Kier molecular flexibility index (Phi) is 4.05. The van der Waals surface area contributed by atoms with E-state index >= 15 is 0 Å². The molecule has 0 N–H and O–H groups in total. The standard InChI is InChI=1S/C15H13F2N3OS/c1-9-11(7-18)15(22-19-9)20-4-5-21-14(8-20)10-2-3-12(16)13(17)6-10/h2-3,6,14H,4-5,8H2,1H3. The van der Waals surface area contributed by atoms with Gasteiger partial charge in [0.05, 0.1) is 12.3 Å². The second-order valence-electron chi connectivity index (χ2n) is 5.04. The van der Waals surface area contributed by atoms with Crippen LogP contribution in [0.5, 0.6) is 0 Å². The molecule has 1 unspecified atom stereocenters. The Hall–Kier alpha value is -2.04. The number of hydrogen-bond donors (Lipinski definition) is 0. The van der Waals surface area contributed by atoms with E-state index in [0.29, 0.717) is 36.5 Å². The van der Waals surface area contributed by atoms with Crippen molar-refractivity contribution in [2.45, 2.75) is 13.0 Å². The van der Waals surface area contributed by atoms with Gasteiger partial charge in [-0.15, -0.1) is 0 Å². The van der Waals surface area contributed by atoms with Crippen LogP contribution in [0.3, 0.4) is 0 Å². The minimum absolute atomic E-state index is 0.363. The molecule has 0 spiro atoms. The molecule has 0 radical (unpaired) electrons. The number of morpholine rings is 1.